The second-order valence-corrected chi connectivity index (χ2v) is 4.22. The summed E-state index contributed by atoms with van der Waals surface area (Å²) in [6.45, 7) is 2.02. The number of aromatic nitrogens is 4. The van der Waals surface area contributed by atoms with Gasteiger partial charge in [0.25, 0.3) is 0 Å². The van der Waals surface area contributed by atoms with Crippen molar-refractivity contribution in [2.45, 2.75) is 13.0 Å². The van der Waals surface area contributed by atoms with Crippen LogP contribution in [0.3, 0.4) is 0 Å². The zero-order chi connectivity index (χ0) is 10.7. The van der Waals surface area contributed by atoms with E-state index in [2.05, 4.69) is 47.8 Å². The fraction of sp³-hybridized carbons (Fsp3) is 0.222. The van der Waals surface area contributed by atoms with Crippen LogP contribution in [0.2, 0.25) is 0 Å². The molecule has 2 N–H and O–H groups in total. The van der Waals surface area contributed by atoms with Crippen molar-refractivity contribution in [1.82, 2.24) is 19.9 Å². The van der Waals surface area contributed by atoms with Crippen LogP contribution in [0.1, 0.15) is 18.8 Å². The molecule has 2 aromatic heterocycles. The second-order valence-electron chi connectivity index (χ2n) is 3.06. The Bertz CT molecular complexity index is 428. The average molecular weight is 315 g/mol. The van der Waals surface area contributed by atoms with E-state index in [9.17, 15) is 0 Å². The van der Waals surface area contributed by atoms with Crippen molar-refractivity contribution in [1.29, 1.82) is 0 Å². The molecule has 0 spiro atoms. The topological polar surface area (TPSA) is 66.5 Å². The lowest BCUT2D eigenvalue weighted by molar-refractivity contribution is 0.801. The van der Waals surface area contributed by atoms with Crippen molar-refractivity contribution in [3.63, 3.8) is 0 Å². The first-order valence-electron chi connectivity index (χ1n) is 4.48. The Morgan fingerprint density at radius 2 is 2.33 bits per heavy atom. The third-order valence-corrected chi connectivity index (χ3v) is 2.74. The number of halogens is 1. The highest BCUT2D eigenvalue weighted by Gasteiger charge is 2.09. The van der Waals surface area contributed by atoms with Gasteiger partial charge in [-0.15, -0.1) is 0 Å². The second kappa shape index (κ2) is 4.56. The molecule has 1 unspecified atom stereocenters. The Labute approximate surface area is 101 Å². The number of rotatable bonds is 3. The first kappa shape index (κ1) is 10.3. The van der Waals surface area contributed by atoms with Crippen LogP contribution in [0.5, 0.6) is 0 Å². The van der Waals surface area contributed by atoms with Gasteiger partial charge in [0.05, 0.1) is 9.61 Å². The Hall–Kier alpha value is -1.18. The minimum Gasteiger partial charge on any atom is -0.359 e. The molecule has 0 saturated carbocycles. The van der Waals surface area contributed by atoms with Crippen molar-refractivity contribution < 1.29 is 0 Å². The molecule has 0 bridgehead atoms. The van der Waals surface area contributed by atoms with Gasteiger partial charge in [-0.3, -0.25) is 0 Å². The van der Waals surface area contributed by atoms with Crippen LogP contribution in [0.4, 0.5) is 5.82 Å². The van der Waals surface area contributed by atoms with Crippen molar-refractivity contribution in [2.24, 2.45) is 0 Å². The van der Waals surface area contributed by atoms with Crippen molar-refractivity contribution in [3.05, 3.63) is 34.3 Å². The molecule has 0 saturated heterocycles. The van der Waals surface area contributed by atoms with Crippen LogP contribution < -0.4 is 5.32 Å². The summed E-state index contributed by atoms with van der Waals surface area (Å²) in [6, 6.07) is 0.100. The maximum atomic E-state index is 4.18. The maximum Gasteiger partial charge on any atom is 0.143 e. The van der Waals surface area contributed by atoms with E-state index in [1.807, 2.05) is 6.92 Å². The van der Waals surface area contributed by atoms with Gasteiger partial charge in [-0.1, -0.05) is 0 Å². The average Bonchev–Trinajstić information content (AvgIpc) is 2.74. The van der Waals surface area contributed by atoms with Crippen LogP contribution in [0, 0.1) is 3.57 Å². The quantitative estimate of drug-likeness (QED) is 0.850. The molecule has 0 radical (unpaired) electrons. The van der Waals surface area contributed by atoms with Crippen LogP contribution in [0.15, 0.2) is 24.9 Å². The number of anilines is 1. The van der Waals surface area contributed by atoms with E-state index >= 15 is 0 Å². The normalized spacial score (nSPS) is 12.4. The third-order valence-electron chi connectivity index (χ3n) is 1.95. The molecule has 0 aliphatic rings. The Balaban J connectivity index is 2.13. The van der Waals surface area contributed by atoms with Gasteiger partial charge in [0.1, 0.15) is 18.0 Å². The largest absolute Gasteiger partial charge is 0.359 e. The fourth-order valence-corrected chi connectivity index (χ4v) is 1.66. The molecule has 0 aliphatic carbocycles. The smallest absolute Gasteiger partial charge is 0.143 e. The van der Waals surface area contributed by atoms with Gasteiger partial charge in [0, 0.05) is 18.6 Å². The molecule has 78 valence electrons. The summed E-state index contributed by atoms with van der Waals surface area (Å²) in [5.41, 5.74) is 0. The van der Waals surface area contributed by atoms with Gasteiger partial charge >= 0.3 is 0 Å². The number of imidazole rings is 1. The van der Waals surface area contributed by atoms with E-state index in [0.29, 0.717) is 0 Å². The highest BCUT2D eigenvalue weighted by atomic mass is 127. The summed E-state index contributed by atoms with van der Waals surface area (Å²) in [6.07, 6.45) is 6.83. The zero-order valence-corrected chi connectivity index (χ0v) is 10.3. The SMILES string of the molecule is CC(Nc1ncncc1I)c1ncc[nH]1. The van der Waals surface area contributed by atoms with Gasteiger partial charge in [-0.25, -0.2) is 15.0 Å². The number of H-pyrrole nitrogens is 1. The monoisotopic (exact) mass is 315 g/mol. The lowest BCUT2D eigenvalue weighted by atomic mass is 10.3. The van der Waals surface area contributed by atoms with E-state index in [1.165, 1.54) is 6.33 Å². The first-order valence-corrected chi connectivity index (χ1v) is 5.56. The summed E-state index contributed by atoms with van der Waals surface area (Å²) in [7, 11) is 0. The molecule has 0 aliphatic heterocycles. The molecule has 2 heterocycles. The first-order chi connectivity index (χ1) is 7.27. The Morgan fingerprint density at radius 1 is 1.47 bits per heavy atom. The summed E-state index contributed by atoms with van der Waals surface area (Å²) in [5.74, 6) is 1.72. The van der Waals surface area contributed by atoms with Gasteiger partial charge in [0.15, 0.2) is 0 Å². The predicted molar refractivity (Wildman–Crippen MR) is 65.4 cm³/mol. The van der Waals surface area contributed by atoms with Gasteiger partial charge in [0.2, 0.25) is 0 Å². The molecule has 0 amide bonds. The van der Waals surface area contributed by atoms with E-state index < -0.39 is 0 Å². The molecule has 0 fully saturated rings. The standard InChI is InChI=1S/C9H10IN5/c1-6(8-12-2-3-13-8)15-9-7(10)4-11-5-14-9/h2-6H,1H3,(H,12,13)(H,11,14,15). The molecular formula is C9H10IN5. The van der Waals surface area contributed by atoms with E-state index in [0.717, 1.165) is 15.2 Å². The van der Waals surface area contributed by atoms with Gasteiger partial charge < -0.3 is 10.3 Å². The van der Waals surface area contributed by atoms with E-state index in [4.69, 9.17) is 0 Å². The molecule has 1 atom stereocenters. The highest BCUT2D eigenvalue weighted by molar-refractivity contribution is 14.1. The summed E-state index contributed by atoms with van der Waals surface area (Å²) in [4.78, 5) is 15.3. The van der Waals surface area contributed by atoms with Crippen molar-refractivity contribution in [3.8, 4) is 0 Å². The van der Waals surface area contributed by atoms with Crippen LogP contribution in [0.25, 0.3) is 0 Å². The van der Waals surface area contributed by atoms with E-state index in [1.54, 1.807) is 18.6 Å². The number of hydrogen-bond donors (Lipinski definition) is 2. The molecule has 0 aromatic carbocycles. The minimum atomic E-state index is 0.100. The van der Waals surface area contributed by atoms with Gasteiger partial charge in [-0.05, 0) is 29.5 Å². The summed E-state index contributed by atoms with van der Waals surface area (Å²) < 4.78 is 0.994. The fourth-order valence-electron chi connectivity index (χ4n) is 1.21. The van der Waals surface area contributed by atoms with Crippen molar-refractivity contribution in [2.75, 3.05) is 5.32 Å². The Kier molecular flexibility index (Phi) is 3.14. The maximum absolute atomic E-state index is 4.18. The van der Waals surface area contributed by atoms with Gasteiger partial charge in [-0.2, -0.15) is 0 Å². The lowest BCUT2D eigenvalue weighted by Crippen LogP contribution is -2.10. The zero-order valence-electron chi connectivity index (χ0n) is 8.11. The number of nitrogens with one attached hydrogen (secondary N) is 2. The summed E-state index contributed by atoms with van der Waals surface area (Å²) >= 11 is 2.19. The highest BCUT2D eigenvalue weighted by Crippen LogP contribution is 2.18. The predicted octanol–water partition coefficient (Wildman–Crippen LogP) is 1.98. The number of hydrogen-bond acceptors (Lipinski definition) is 4. The molecule has 15 heavy (non-hydrogen) atoms. The molecule has 5 nitrogen and oxygen atoms in total. The van der Waals surface area contributed by atoms with E-state index in [-0.39, 0.29) is 6.04 Å². The molecule has 2 rings (SSSR count). The lowest BCUT2D eigenvalue weighted by Gasteiger charge is -2.12. The van der Waals surface area contributed by atoms with Crippen LogP contribution in [-0.2, 0) is 0 Å². The van der Waals surface area contributed by atoms with Crippen molar-refractivity contribution >= 4 is 28.4 Å². The molecular weight excluding hydrogens is 305 g/mol. The summed E-state index contributed by atoms with van der Waals surface area (Å²) in [5, 5.41) is 3.26. The minimum absolute atomic E-state index is 0.100. The third kappa shape index (κ3) is 2.44. The number of aromatic amines is 1. The van der Waals surface area contributed by atoms with Crippen LogP contribution in [-0.4, -0.2) is 19.9 Å². The Morgan fingerprint density at radius 3 is 3.00 bits per heavy atom. The van der Waals surface area contributed by atoms with Crippen LogP contribution >= 0.6 is 22.6 Å². The number of nitrogens with zero attached hydrogens (tertiary/aromatic N) is 3. The molecule has 2 aromatic rings. The molecule has 6 heteroatoms.